The summed E-state index contributed by atoms with van der Waals surface area (Å²) in [5, 5.41) is 0. The van der Waals surface area contributed by atoms with Crippen LogP contribution in [0.4, 0.5) is 0 Å². The summed E-state index contributed by atoms with van der Waals surface area (Å²) >= 11 is 0. The summed E-state index contributed by atoms with van der Waals surface area (Å²) in [7, 11) is -3.90. The van der Waals surface area contributed by atoms with Crippen LogP contribution in [0, 0.1) is 5.92 Å². The first-order valence-electron chi connectivity index (χ1n) is 4.74. The third-order valence-corrected chi connectivity index (χ3v) is 2.90. The van der Waals surface area contributed by atoms with Gasteiger partial charge < -0.3 is 4.98 Å². The van der Waals surface area contributed by atoms with Crippen LogP contribution in [0.15, 0.2) is 28.2 Å². The van der Waals surface area contributed by atoms with E-state index in [1.807, 2.05) is 18.7 Å². The topological polar surface area (TPSA) is 88.3 Å². The molecule has 0 atom stereocenters. The van der Waals surface area contributed by atoms with Crippen LogP contribution in [0.5, 0.6) is 0 Å². The van der Waals surface area contributed by atoms with Gasteiger partial charge in [-0.2, -0.15) is 0 Å². The van der Waals surface area contributed by atoms with Crippen LogP contribution in [0.2, 0.25) is 0 Å². The molecule has 7 heteroatoms. The Bertz CT molecular complexity index is 492. The lowest BCUT2D eigenvalue weighted by molar-refractivity contribution is 0.0718. The molecule has 1 aromatic rings. The van der Waals surface area contributed by atoms with Gasteiger partial charge in [0.15, 0.2) is 0 Å². The highest BCUT2D eigenvalue weighted by Gasteiger charge is 2.17. The Balaban J connectivity index is 2.80. The normalized spacial score (nSPS) is 11.9. The number of hydrogen-bond donors (Lipinski definition) is 2. The summed E-state index contributed by atoms with van der Waals surface area (Å²) in [4.78, 5) is 20.1. The van der Waals surface area contributed by atoms with E-state index in [1.54, 1.807) is 0 Å². The molecule has 0 radical (unpaired) electrons. The van der Waals surface area contributed by atoms with E-state index in [0.717, 1.165) is 12.3 Å². The van der Waals surface area contributed by atoms with Crippen molar-refractivity contribution in [3.8, 4) is 0 Å². The summed E-state index contributed by atoms with van der Waals surface area (Å²) in [5.74, 6) is 0.191. The van der Waals surface area contributed by atoms with Gasteiger partial charge in [-0.05, 0) is 5.92 Å². The Labute approximate surface area is 93.7 Å². The molecule has 0 amide bonds. The second kappa shape index (κ2) is 5.24. The molecule has 0 unspecified atom stereocenters. The van der Waals surface area contributed by atoms with E-state index in [0.29, 0.717) is 0 Å². The van der Waals surface area contributed by atoms with E-state index in [2.05, 4.69) is 4.98 Å². The molecule has 0 spiro atoms. The van der Waals surface area contributed by atoms with Crippen LogP contribution in [-0.2, 0) is 14.9 Å². The highest BCUT2D eigenvalue weighted by molar-refractivity contribution is 7.89. The number of hydrogen-bond acceptors (Lipinski definition) is 4. The highest BCUT2D eigenvalue weighted by Crippen LogP contribution is 2.00. The minimum atomic E-state index is -3.90. The molecule has 0 fully saturated rings. The number of rotatable bonds is 5. The molecule has 16 heavy (non-hydrogen) atoms. The SMILES string of the molecule is CC(C)CONS(=O)(=O)c1c[nH]ccc1=O. The Hall–Kier alpha value is -1.18. The lowest BCUT2D eigenvalue weighted by Crippen LogP contribution is -2.29. The first-order valence-corrected chi connectivity index (χ1v) is 6.22. The van der Waals surface area contributed by atoms with E-state index in [-0.39, 0.29) is 17.4 Å². The first-order chi connectivity index (χ1) is 7.43. The van der Waals surface area contributed by atoms with Gasteiger partial charge in [-0.3, -0.25) is 9.63 Å². The standard InChI is InChI=1S/C9H14N2O4S/c1-7(2)6-15-11-16(13,14)9-5-10-4-3-8(9)12/h3-5,7,11H,6H2,1-2H3,(H,10,12). The molecule has 1 aromatic heterocycles. The Kier molecular flexibility index (Phi) is 4.22. The third kappa shape index (κ3) is 3.44. The van der Waals surface area contributed by atoms with Crippen molar-refractivity contribution in [1.82, 2.24) is 9.87 Å². The Morgan fingerprint density at radius 2 is 2.19 bits per heavy atom. The second-order valence-electron chi connectivity index (χ2n) is 3.66. The van der Waals surface area contributed by atoms with Gasteiger partial charge in [0.1, 0.15) is 4.90 Å². The van der Waals surface area contributed by atoms with Crippen molar-refractivity contribution in [3.05, 3.63) is 28.7 Å². The van der Waals surface area contributed by atoms with Crippen molar-refractivity contribution in [2.45, 2.75) is 18.7 Å². The van der Waals surface area contributed by atoms with Gasteiger partial charge in [-0.15, -0.1) is 0 Å². The predicted molar refractivity (Wildman–Crippen MR) is 58.2 cm³/mol. The van der Waals surface area contributed by atoms with Crippen LogP contribution >= 0.6 is 0 Å². The smallest absolute Gasteiger partial charge is 0.267 e. The Morgan fingerprint density at radius 3 is 2.75 bits per heavy atom. The summed E-state index contributed by atoms with van der Waals surface area (Å²) < 4.78 is 23.2. The van der Waals surface area contributed by atoms with Crippen molar-refractivity contribution < 1.29 is 13.3 Å². The number of H-pyrrole nitrogens is 1. The number of aromatic nitrogens is 1. The Morgan fingerprint density at radius 1 is 1.50 bits per heavy atom. The summed E-state index contributed by atoms with van der Waals surface area (Å²) in [5.41, 5.74) is -0.584. The van der Waals surface area contributed by atoms with E-state index >= 15 is 0 Å². The van der Waals surface area contributed by atoms with Gasteiger partial charge in [0.2, 0.25) is 5.43 Å². The molecule has 0 aliphatic carbocycles. The second-order valence-corrected chi connectivity index (χ2v) is 5.28. The summed E-state index contributed by atoms with van der Waals surface area (Å²) in [6, 6.07) is 1.14. The molecule has 2 N–H and O–H groups in total. The molecule has 0 saturated heterocycles. The summed E-state index contributed by atoms with van der Waals surface area (Å²) in [6.45, 7) is 4.00. The minimum absolute atomic E-state index is 0.191. The van der Waals surface area contributed by atoms with Gasteiger partial charge in [0.05, 0.1) is 6.61 Å². The average molecular weight is 246 g/mol. The van der Waals surface area contributed by atoms with Gasteiger partial charge in [0, 0.05) is 18.5 Å². The van der Waals surface area contributed by atoms with E-state index in [1.165, 1.54) is 6.20 Å². The molecule has 90 valence electrons. The third-order valence-electron chi connectivity index (χ3n) is 1.66. The van der Waals surface area contributed by atoms with Crippen molar-refractivity contribution >= 4 is 10.0 Å². The summed E-state index contributed by atoms with van der Waals surface area (Å²) in [6.07, 6.45) is 2.47. The maximum atomic E-state index is 11.6. The maximum Gasteiger partial charge on any atom is 0.267 e. The van der Waals surface area contributed by atoms with Crippen molar-refractivity contribution in [2.75, 3.05) is 6.61 Å². The van der Waals surface area contributed by atoms with Gasteiger partial charge in [-0.1, -0.05) is 18.7 Å². The van der Waals surface area contributed by atoms with Crippen molar-refractivity contribution in [1.29, 1.82) is 0 Å². The maximum absolute atomic E-state index is 11.6. The molecular formula is C9H14N2O4S. The molecule has 0 aliphatic rings. The molecule has 0 aromatic carbocycles. The molecule has 0 aliphatic heterocycles. The highest BCUT2D eigenvalue weighted by atomic mass is 32.2. The number of sulfonamides is 1. The quantitative estimate of drug-likeness (QED) is 0.728. The van der Waals surface area contributed by atoms with Gasteiger partial charge in [0.25, 0.3) is 10.0 Å². The van der Waals surface area contributed by atoms with Crippen LogP contribution in [-0.4, -0.2) is 20.0 Å². The van der Waals surface area contributed by atoms with E-state index < -0.39 is 15.5 Å². The molecular weight excluding hydrogens is 232 g/mol. The largest absolute Gasteiger partial charge is 0.366 e. The number of aromatic amines is 1. The zero-order valence-electron chi connectivity index (χ0n) is 9.06. The lowest BCUT2D eigenvalue weighted by atomic mass is 10.2. The molecule has 0 bridgehead atoms. The van der Waals surface area contributed by atoms with Crippen LogP contribution < -0.4 is 10.3 Å². The first kappa shape index (κ1) is 12.9. The van der Waals surface area contributed by atoms with E-state index in [4.69, 9.17) is 4.84 Å². The lowest BCUT2D eigenvalue weighted by Gasteiger charge is -2.07. The van der Waals surface area contributed by atoms with E-state index in [9.17, 15) is 13.2 Å². The molecule has 0 saturated carbocycles. The zero-order chi connectivity index (χ0) is 12.2. The fourth-order valence-corrected chi connectivity index (χ4v) is 1.80. The fourth-order valence-electron chi connectivity index (χ4n) is 0.934. The van der Waals surface area contributed by atoms with Gasteiger partial charge >= 0.3 is 0 Å². The fraction of sp³-hybridized carbons (Fsp3) is 0.444. The van der Waals surface area contributed by atoms with Crippen LogP contribution in [0.3, 0.4) is 0 Å². The predicted octanol–water partition coefficient (Wildman–Crippen LogP) is 0.241. The monoisotopic (exact) mass is 246 g/mol. The zero-order valence-corrected chi connectivity index (χ0v) is 9.87. The molecule has 1 rings (SSSR count). The average Bonchev–Trinajstić information content (AvgIpc) is 2.17. The van der Waals surface area contributed by atoms with Crippen LogP contribution in [0.25, 0.3) is 0 Å². The minimum Gasteiger partial charge on any atom is -0.366 e. The number of nitrogens with one attached hydrogen (secondary N) is 2. The van der Waals surface area contributed by atoms with Crippen LogP contribution in [0.1, 0.15) is 13.8 Å². The number of pyridine rings is 1. The van der Waals surface area contributed by atoms with Crippen molar-refractivity contribution in [3.63, 3.8) is 0 Å². The van der Waals surface area contributed by atoms with Crippen molar-refractivity contribution in [2.24, 2.45) is 5.92 Å². The molecule has 1 heterocycles. The van der Waals surface area contributed by atoms with Gasteiger partial charge in [-0.25, -0.2) is 8.42 Å². The molecule has 6 nitrogen and oxygen atoms in total.